The molecule has 0 spiro atoms. The molecule has 0 saturated carbocycles. The standard InChI is InChI=1S/C22H30B4/c1-3-5-6-7-8-9-10-11-12-13-14-15-16-17-18-22(25,26)20-19-21(23,24)4-2/h5-6,8-9,11-12,14-15,17-20H,3-4,7,10,13,16H2,1-2H3/b6-5-,9-8-,12-11-,15-14-,18-17-,20-19-. The molecule has 26 heavy (non-hydrogen) atoms. The van der Waals surface area contributed by atoms with Crippen LogP contribution in [0.4, 0.5) is 0 Å². The summed E-state index contributed by atoms with van der Waals surface area (Å²) < 4.78 is 0. The van der Waals surface area contributed by atoms with Gasteiger partial charge in [-0.2, -0.15) is 0 Å². The molecule has 0 atom stereocenters. The van der Waals surface area contributed by atoms with E-state index in [1.165, 1.54) is 0 Å². The van der Waals surface area contributed by atoms with Gasteiger partial charge in [0.1, 0.15) is 0 Å². The number of rotatable bonds is 13. The van der Waals surface area contributed by atoms with E-state index < -0.39 is 10.4 Å². The van der Waals surface area contributed by atoms with E-state index in [4.69, 9.17) is 31.4 Å². The van der Waals surface area contributed by atoms with Gasteiger partial charge >= 0.3 is 0 Å². The van der Waals surface area contributed by atoms with E-state index in [9.17, 15) is 0 Å². The zero-order valence-electron chi connectivity index (χ0n) is 16.5. The average Bonchev–Trinajstić information content (AvgIpc) is 2.60. The second kappa shape index (κ2) is 14.8. The molecule has 0 nitrogen and oxygen atoms in total. The first-order chi connectivity index (χ1) is 12.3. The smallest absolute Gasteiger partial charge is 0.0728 e. The maximum absolute atomic E-state index is 5.97. The van der Waals surface area contributed by atoms with E-state index in [-0.39, 0.29) is 0 Å². The summed E-state index contributed by atoms with van der Waals surface area (Å²) in [5.41, 5.74) is 0. The summed E-state index contributed by atoms with van der Waals surface area (Å²) in [6.45, 7) is 4.06. The molecule has 0 saturated heterocycles. The van der Waals surface area contributed by atoms with Crippen molar-refractivity contribution in [3.05, 3.63) is 72.9 Å². The molecule has 0 heterocycles. The fourth-order valence-corrected chi connectivity index (χ4v) is 1.90. The summed E-state index contributed by atoms with van der Waals surface area (Å²) in [6, 6.07) is 0. The van der Waals surface area contributed by atoms with Crippen molar-refractivity contribution >= 4 is 31.4 Å². The van der Waals surface area contributed by atoms with Crippen LogP contribution in [0.1, 0.15) is 52.4 Å². The third-order valence-corrected chi connectivity index (χ3v) is 3.69. The lowest BCUT2D eigenvalue weighted by molar-refractivity contribution is 0.873. The highest BCUT2D eigenvalue weighted by Gasteiger charge is 2.13. The average molecular weight is 338 g/mol. The fraction of sp³-hybridized carbons (Fsp3) is 0.455. The van der Waals surface area contributed by atoms with Crippen LogP contribution in [0.5, 0.6) is 0 Å². The normalized spacial score (nSPS) is 14.4. The Morgan fingerprint density at radius 2 is 0.962 bits per heavy atom. The maximum Gasteiger partial charge on any atom is 0.0728 e. The van der Waals surface area contributed by atoms with E-state index in [1.54, 1.807) is 18.2 Å². The van der Waals surface area contributed by atoms with Crippen molar-refractivity contribution in [1.82, 2.24) is 0 Å². The van der Waals surface area contributed by atoms with Crippen LogP contribution < -0.4 is 0 Å². The topological polar surface area (TPSA) is 0 Å². The SMILES string of the molecule is [B]C([B])(/C=C\C/C=C\C/C=C\C/C=C\C/C=C\CC)/C=C\C([B])([B])CC. The summed E-state index contributed by atoms with van der Waals surface area (Å²) in [6.07, 6.45) is 29.7. The second-order valence-corrected chi connectivity index (χ2v) is 6.44. The van der Waals surface area contributed by atoms with Gasteiger partial charge in [-0.25, -0.2) is 0 Å². The van der Waals surface area contributed by atoms with Crippen LogP contribution in [0.3, 0.4) is 0 Å². The van der Waals surface area contributed by atoms with Crippen molar-refractivity contribution < 1.29 is 0 Å². The van der Waals surface area contributed by atoms with Gasteiger partial charge in [0.2, 0.25) is 0 Å². The molecule has 0 aromatic carbocycles. The zero-order chi connectivity index (χ0) is 19.7. The van der Waals surface area contributed by atoms with Gasteiger partial charge in [-0.3, -0.25) is 0 Å². The van der Waals surface area contributed by atoms with Crippen LogP contribution in [0, 0.1) is 0 Å². The van der Waals surface area contributed by atoms with Crippen LogP contribution in [0.15, 0.2) is 72.9 Å². The van der Waals surface area contributed by atoms with Gasteiger partial charge in [-0.05, 0) is 32.1 Å². The molecular weight excluding hydrogens is 307 g/mol. The van der Waals surface area contributed by atoms with Crippen molar-refractivity contribution in [2.75, 3.05) is 0 Å². The van der Waals surface area contributed by atoms with Crippen molar-refractivity contribution in [2.24, 2.45) is 0 Å². The van der Waals surface area contributed by atoms with Crippen LogP contribution >= 0.6 is 0 Å². The third kappa shape index (κ3) is 16.2. The largest absolute Gasteiger partial charge is 0.1000 e. The Morgan fingerprint density at radius 3 is 1.38 bits per heavy atom. The van der Waals surface area contributed by atoms with Crippen molar-refractivity contribution in [2.45, 2.75) is 62.8 Å². The molecule has 0 amide bonds. The van der Waals surface area contributed by atoms with Gasteiger partial charge in [0.15, 0.2) is 0 Å². The van der Waals surface area contributed by atoms with Crippen LogP contribution in [-0.2, 0) is 0 Å². The molecular formula is C22H30B4. The molecule has 0 unspecified atom stereocenters. The highest BCUT2D eigenvalue weighted by molar-refractivity contribution is 6.44. The predicted molar refractivity (Wildman–Crippen MR) is 122 cm³/mol. The Balaban J connectivity index is 4.00. The Kier molecular flexibility index (Phi) is 14.1. The van der Waals surface area contributed by atoms with Crippen LogP contribution in [0.2, 0.25) is 10.4 Å². The summed E-state index contributed by atoms with van der Waals surface area (Å²) in [4.78, 5) is 0. The summed E-state index contributed by atoms with van der Waals surface area (Å²) >= 11 is 0. The number of allylic oxidation sites excluding steroid dienone is 12. The zero-order valence-corrected chi connectivity index (χ0v) is 16.5. The maximum atomic E-state index is 5.97. The lowest BCUT2D eigenvalue weighted by atomic mass is 9.49. The predicted octanol–water partition coefficient (Wildman–Crippen LogP) is 5.61. The highest BCUT2D eigenvalue weighted by atomic mass is 14.0. The van der Waals surface area contributed by atoms with E-state index in [0.717, 1.165) is 32.1 Å². The van der Waals surface area contributed by atoms with Gasteiger partial charge in [-0.15, -0.1) is 0 Å². The van der Waals surface area contributed by atoms with Crippen molar-refractivity contribution in [1.29, 1.82) is 0 Å². The molecule has 0 aliphatic rings. The molecule has 0 N–H and O–H groups in total. The molecule has 0 fully saturated rings. The molecule has 0 bridgehead atoms. The minimum atomic E-state index is -1.04. The lowest BCUT2D eigenvalue weighted by Gasteiger charge is -2.22. The Hall–Kier alpha value is -1.30. The quantitative estimate of drug-likeness (QED) is 0.303. The van der Waals surface area contributed by atoms with Crippen molar-refractivity contribution in [3.8, 4) is 0 Å². The first-order valence-corrected chi connectivity index (χ1v) is 9.46. The summed E-state index contributed by atoms with van der Waals surface area (Å²) in [5.74, 6) is 0. The molecule has 8 radical (unpaired) electrons. The molecule has 0 rings (SSSR count). The van der Waals surface area contributed by atoms with E-state index in [0.29, 0.717) is 6.42 Å². The van der Waals surface area contributed by atoms with Crippen LogP contribution in [-0.4, -0.2) is 31.4 Å². The highest BCUT2D eigenvalue weighted by Crippen LogP contribution is 2.28. The van der Waals surface area contributed by atoms with E-state index in [2.05, 4.69) is 55.5 Å². The van der Waals surface area contributed by atoms with E-state index >= 15 is 0 Å². The first kappa shape index (κ1) is 24.7. The molecule has 4 heteroatoms. The molecule has 0 aliphatic heterocycles. The minimum absolute atomic E-state index is 0.616. The van der Waals surface area contributed by atoms with Gasteiger partial charge in [-0.1, -0.05) is 104 Å². The van der Waals surface area contributed by atoms with Gasteiger partial charge in [0, 0.05) is 0 Å². The molecule has 0 aliphatic carbocycles. The second-order valence-electron chi connectivity index (χ2n) is 6.44. The van der Waals surface area contributed by atoms with Crippen molar-refractivity contribution in [3.63, 3.8) is 0 Å². The number of hydrogen-bond donors (Lipinski definition) is 0. The minimum Gasteiger partial charge on any atom is -0.1000 e. The van der Waals surface area contributed by atoms with E-state index in [1.807, 2.05) is 13.0 Å². The van der Waals surface area contributed by atoms with Crippen LogP contribution in [0.25, 0.3) is 0 Å². The molecule has 0 aromatic heterocycles. The fourth-order valence-electron chi connectivity index (χ4n) is 1.90. The first-order valence-electron chi connectivity index (χ1n) is 9.46. The third-order valence-electron chi connectivity index (χ3n) is 3.69. The molecule has 0 aromatic rings. The lowest BCUT2D eigenvalue weighted by Crippen LogP contribution is -2.11. The van der Waals surface area contributed by atoms with Gasteiger partial charge < -0.3 is 0 Å². The Bertz CT molecular complexity index is 520. The summed E-state index contributed by atoms with van der Waals surface area (Å²) in [5, 5.41) is -1.91. The van der Waals surface area contributed by atoms with Gasteiger partial charge in [0.25, 0.3) is 0 Å². The monoisotopic (exact) mass is 338 g/mol. The van der Waals surface area contributed by atoms with Gasteiger partial charge in [0.05, 0.1) is 31.4 Å². The number of hydrogen-bond acceptors (Lipinski definition) is 0. The summed E-state index contributed by atoms with van der Waals surface area (Å²) in [7, 11) is 23.6. The Morgan fingerprint density at radius 1 is 0.538 bits per heavy atom. The molecule has 130 valence electrons. The Labute approximate surface area is 167 Å².